The van der Waals surface area contributed by atoms with E-state index in [1.165, 1.54) is 4.79 Å². The Morgan fingerprint density at radius 2 is 2.25 bits per heavy atom. The number of nitrogens with two attached hydrogens (primary N) is 1. The zero-order chi connectivity index (χ0) is 4.41. The predicted molar refractivity (Wildman–Crippen MR) is 19.6 cm³/mol. The van der Waals surface area contributed by atoms with Crippen molar-refractivity contribution in [3.8, 4) is 0 Å². The van der Waals surface area contributed by atoms with Crippen LogP contribution in [0, 0.1) is 0 Å². The third-order valence-corrected chi connectivity index (χ3v) is 0.475. The molecule has 3 N–H and O–H groups in total. The average Bonchev–Trinajstić information content (AvgIpc) is 1.86. The Balaban J connectivity index is 0. The zero-order valence-electron chi connectivity index (χ0n) is 3.84. The van der Waals surface area contributed by atoms with Crippen molar-refractivity contribution in [1.82, 2.24) is 10.3 Å². The van der Waals surface area contributed by atoms with Crippen LogP contribution in [-0.2, 0) is 27.9 Å². The maximum Gasteiger partial charge on any atom is 1.00 e. The van der Waals surface area contributed by atoms with Crippen LogP contribution < -0.4 is 10.6 Å². The Bertz CT molecular complexity index is 118. The fourth-order valence-corrected chi connectivity index (χ4v) is 0.238. The summed E-state index contributed by atoms with van der Waals surface area (Å²) in [4.78, 5) is 1.26. The molecule has 1 rings (SSSR count). The van der Waals surface area contributed by atoms with Gasteiger partial charge in [0.2, 0.25) is 6.20 Å². The number of nitrogen functional groups attached to an aromatic ring is 1. The molecule has 0 aliphatic rings. The van der Waals surface area contributed by atoms with Crippen molar-refractivity contribution in [2.75, 3.05) is 5.84 Å². The van der Waals surface area contributed by atoms with Crippen LogP contribution in [0.2, 0.25) is 0 Å². The molecule has 0 aromatic carbocycles. The second-order valence-electron chi connectivity index (χ2n) is 0.935. The molecule has 0 amide bonds. The van der Waals surface area contributed by atoms with Crippen LogP contribution in [0.5, 0.6) is 0 Å². The normalized spacial score (nSPS) is 6.50. The molecule has 0 radical (unpaired) electrons. The molecule has 0 bridgehead atoms. The van der Waals surface area contributed by atoms with Crippen molar-refractivity contribution in [2.24, 2.45) is 0 Å². The Labute approximate surface area is 61.7 Å². The molecule has 0 aliphatic carbocycles. The van der Waals surface area contributed by atoms with Gasteiger partial charge in [-0.25, -0.2) is 0 Å². The van der Waals surface area contributed by atoms with E-state index in [1.807, 2.05) is 0 Å². The van der Waals surface area contributed by atoms with Gasteiger partial charge in [0.1, 0.15) is 0 Å². The van der Waals surface area contributed by atoms with E-state index < -0.39 is 0 Å². The van der Waals surface area contributed by atoms with Crippen molar-refractivity contribution < 1.29 is 32.6 Å². The van der Waals surface area contributed by atoms with E-state index in [4.69, 9.17) is 5.84 Å². The first-order valence-corrected chi connectivity index (χ1v) is 1.56. The molecule has 0 saturated heterocycles. The summed E-state index contributed by atoms with van der Waals surface area (Å²) in [5, 5.41) is 5.98. The molecule has 8 heavy (non-hydrogen) atoms. The van der Waals surface area contributed by atoms with Gasteiger partial charge in [-0.05, 0) is 5.21 Å². The molecular weight excluding hydrogens is 204 g/mol. The van der Waals surface area contributed by atoms with Gasteiger partial charge >= 0.3 is 22.4 Å². The number of nitrogens with zero attached hydrogens (tertiary/aromatic N) is 2. The van der Waals surface area contributed by atoms with Crippen LogP contribution in [0.4, 0.5) is 0 Å². The smallest absolute Gasteiger partial charge is 1.00 e. The first-order valence-electron chi connectivity index (χ1n) is 1.56. The van der Waals surface area contributed by atoms with Gasteiger partial charge in [0.15, 0.2) is 6.20 Å². The minimum Gasteiger partial charge on any atom is -2.00 e. The molecule has 1 aromatic heterocycles. The zero-order valence-corrected chi connectivity index (χ0v) is 5.32. The van der Waals surface area contributed by atoms with Gasteiger partial charge in [0.05, 0.1) is 0 Å². The predicted octanol–water partition coefficient (Wildman–Crippen LogP) is -1.71. The van der Waals surface area contributed by atoms with Crippen LogP contribution >= 0.6 is 0 Å². The maximum atomic E-state index is 5.08. The Morgan fingerprint density at radius 1 is 1.62 bits per heavy atom. The van der Waals surface area contributed by atoms with Crippen LogP contribution in [0.3, 0.4) is 0 Å². The van der Waals surface area contributed by atoms with Crippen molar-refractivity contribution in [1.29, 1.82) is 0 Å². The first kappa shape index (κ1) is 10.6. The van der Waals surface area contributed by atoms with Gasteiger partial charge in [-0.15, -0.1) is 0 Å². The molecular formula is C2H5AgN4O. The molecule has 0 saturated carbocycles. The van der Waals surface area contributed by atoms with Crippen LogP contribution in [0.15, 0.2) is 12.4 Å². The fraction of sp³-hybridized carbons (Fsp3) is 0. The Kier molecular flexibility index (Phi) is 6.34. The van der Waals surface area contributed by atoms with Crippen molar-refractivity contribution >= 4 is 0 Å². The molecule has 0 unspecified atom stereocenters. The molecule has 1 heterocycles. The number of H-pyrrole nitrogens is 1. The molecule has 0 atom stereocenters. The van der Waals surface area contributed by atoms with Gasteiger partial charge in [-0.2, -0.15) is 0 Å². The molecule has 0 aliphatic heterocycles. The van der Waals surface area contributed by atoms with E-state index in [2.05, 4.69) is 10.3 Å². The summed E-state index contributed by atoms with van der Waals surface area (Å²) in [7, 11) is 0. The number of rotatable bonds is 0. The van der Waals surface area contributed by atoms with E-state index in [0.29, 0.717) is 0 Å². The van der Waals surface area contributed by atoms with E-state index in [9.17, 15) is 0 Å². The van der Waals surface area contributed by atoms with E-state index in [-0.39, 0.29) is 27.9 Å². The molecule has 5 nitrogen and oxygen atoms in total. The number of aromatic amines is 1. The third-order valence-electron chi connectivity index (χ3n) is 0.475. The SMILES string of the molecule is N[n+]1ccn[nH]1.[Ag+].[O-2]. The van der Waals surface area contributed by atoms with E-state index in [0.717, 1.165) is 0 Å². The largest absolute Gasteiger partial charge is 2.00 e. The summed E-state index contributed by atoms with van der Waals surface area (Å²) >= 11 is 0. The summed E-state index contributed by atoms with van der Waals surface area (Å²) in [5.74, 6) is 5.08. The van der Waals surface area contributed by atoms with Gasteiger partial charge in [0, 0.05) is 5.10 Å². The number of nitrogens with one attached hydrogen (secondary N) is 1. The summed E-state index contributed by atoms with van der Waals surface area (Å²) in [6, 6.07) is 0. The summed E-state index contributed by atoms with van der Waals surface area (Å²) in [6.45, 7) is 0. The summed E-state index contributed by atoms with van der Waals surface area (Å²) < 4.78 is 0. The monoisotopic (exact) mass is 208 g/mol. The third kappa shape index (κ3) is 2.75. The van der Waals surface area contributed by atoms with Crippen molar-refractivity contribution in [3.63, 3.8) is 0 Å². The summed E-state index contributed by atoms with van der Waals surface area (Å²) in [5.41, 5.74) is 0. The Hall–Kier alpha value is -0.360. The molecule has 0 spiro atoms. The number of hydrogen-bond acceptors (Lipinski definition) is 2. The van der Waals surface area contributed by atoms with Crippen molar-refractivity contribution in [2.45, 2.75) is 0 Å². The first-order chi connectivity index (χ1) is 2.89. The Morgan fingerprint density at radius 3 is 2.38 bits per heavy atom. The van der Waals surface area contributed by atoms with Crippen LogP contribution in [0.25, 0.3) is 0 Å². The van der Waals surface area contributed by atoms with Gasteiger partial charge in [-0.1, -0.05) is 4.79 Å². The van der Waals surface area contributed by atoms with Crippen molar-refractivity contribution in [3.05, 3.63) is 12.4 Å². The van der Waals surface area contributed by atoms with Crippen LogP contribution in [-0.4, -0.2) is 10.3 Å². The second-order valence-corrected chi connectivity index (χ2v) is 0.935. The molecule has 50 valence electrons. The molecule has 0 fully saturated rings. The number of aromatic nitrogens is 3. The summed E-state index contributed by atoms with van der Waals surface area (Å²) in [6.07, 6.45) is 3.18. The quantitative estimate of drug-likeness (QED) is 0.302. The van der Waals surface area contributed by atoms with E-state index in [1.54, 1.807) is 12.4 Å². The average molecular weight is 209 g/mol. The van der Waals surface area contributed by atoms with Gasteiger partial charge < -0.3 is 5.48 Å². The molecule has 1 aromatic rings. The van der Waals surface area contributed by atoms with E-state index >= 15 is 0 Å². The molecule has 6 heteroatoms. The van der Waals surface area contributed by atoms with Gasteiger partial charge in [0.25, 0.3) is 0 Å². The maximum absolute atomic E-state index is 5.08. The second kappa shape index (κ2) is 4.79. The topological polar surface area (TPSA) is 87.1 Å². The fourth-order valence-electron chi connectivity index (χ4n) is 0.238. The minimum atomic E-state index is 0. The number of hydrogen-bond donors (Lipinski definition) is 2. The standard InChI is InChI=1S/C2H4N4.Ag.O/c3-6-2-1-4-5-6;;/h1-2H,3H2;;/q;+1;-2/p+1. The van der Waals surface area contributed by atoms with Crippen LogP contribution in [0.1, 0.15) is 0 Å². The van der Waals surface area contributed by atoms with Gasteiger partial charge in [-0.3, -0.25) is 5.84 Å². The minimum absolute atomic E-state index is 0.